The molecule has 1 aromatic carbocycles. The van der Waals surface area contributed by atoms with Crippen molar-refractivity contribution in [2.45, 2.75) is 50.5 Å². The number of hydrogen-bond donors (Lipinski definition) is 2. The van der Waals surface area contributed by atoms with Gasteiger partial charge in [0, 0.05) is 23.7 Å². The monoisotopic (exact) mass is 451 g/mol. The standard InChI is InChI=1S/C22H27Cl2N3O3/c1-4-20(28)25-16-8-6-5-7-14(16)17-11-13(26-27-17)9-10-15-21(23)18(29-2)12-19(30-3)22(15)24/h4,11-12,14,16H,1,5-10H2,2-3H3,(H,25,28)(H,26,27)/t14-,16-/m1/s1. The molecule has 2 aromatic rings. The van der Waals surface area contributed by atoms with Crippen LogP contribution in [-0.2, 0) is 17.6 Å². The van der Waals surface area contributed by atoms with Gasteiger partial charge in [0.25, 0.3) is 0 Å². The molecule has 1 aliphatic rings. The summed E-state index contributed by atoms with van der Waals surface area (Å²) in [4.78, 5) is 11.8. The first-order valence-corrected chi connectivity index (χ1v) is 10.8. The number of hydrogen-bond acceptors (Lipinski definition) is 4. The lowest BCUT2D eigenvalue weighted by molar-refractivity contribution is -0.117. The van der Waals surface area contributed by atoms with Crippen molar-refractivity contribution in [1.29, 1.82) is 0 Å². The number of amides is 1. The number of ether oxygens (including phenoxy) is 2. The van der Waals surface area contributed by atoms with Crippen LogP contribution in [0.25, 0.3) is 0 Å². The van der Waals surface area contributed by atoms with Gasteiger partial charge in [-0.25, -0.2) is 0 Å². The van der Waals surface area contributed by atoms with Crippen LogP contribution in [0, 0.1) is 0 Å². The Morgan fingerprint density at radius 2 is 1.87 bits per heavy atom. The third kappa shape index (κ3) is 4.93. The Balaban J connectivity index is 1.75. The lowest BCUT2D eigenvalue weighted by atomic mass is 9.82. The average Bonchev–Trinajstić information content (AvgIpc) is 3.23. The van der Waals surface area contributed by atoms with E-state index in [0.717, 1.165) is 42.6 Å². The molecule has 2 atom stereocenters. The smallest absolute Gasteiger partial charge is 0.243 e. The molecule has 162 valence electrons. The highest BCUT2D eigenvalue weighted by Crippen LogP contribution is 2.41. The second kappa shape index (κ2) is 10.2. The Morgan fingerprint density at radius 3 is 2.50 bits per heavy atom. The highest BCUT2D eigenvalue weighted by Gasteiger charge is 2.29. The first-order chi connectivity index (χ1) is 14.5. The van der Waals surface area contributed by atoms with Gasteiger partial charge in [-0.2, -0.15) is 5.10 Å². The van der Waals surface area contributed by atoms with E-state index in [1.54, 1.807) is 20.3 Å². The minimum absolute atomic E-state index is 0.0759. The molecule has 3 rings (SSSR count). The van der Waals surface area contributed by atoms with Crippen LogP contribution in [0.5, 0.6) is 11.5 Å². The Bertz CT molecular complexity index is 885. The Morgan fingerprint density at radius 1 is 1.20 bits per heavy atom. The maximum atomic E-state index is 11.8. The third-order valence-corrected chi connectivity index (χ3v) is 6.45. The summed E-state index contributed by atoms with van der Waals surface area (Å²) < 4.78 is 10.7. The van der Waals surface area contributed by atoms with Gasteiger partial charge in [-0.3, -0.25) is 9.89 Å². The fraction of sp³-hybridized carbons (Fsp3) is 0.455. The molecule has 6 nitrogen and oxygen atoms in total. The van der Waals surface area contributed by atoms with Gasteiger partial charge in [0.05, 0.1) is 30.0 Å². The molecular weight excluding hydrogens is 425 g/mol. The fourth-order valence-corrected chi connectivity index (χ4v) is 4.70. The molecule has 8 heteroatoms. The molecule has 1 aromatic heterocycles. The molecule has 0 spiro atoms. The topological polar surface area (TPSA) is 76.2 Å². The molecule has 1 aliphatic carbocycles. The van der Waals surface area contributed by atoms with Crippen molar-refractivity contribution in [3.05, 3.63) is 51.8 Å². The van der Waals surface area contributed by atoms with E-state index in [4.69, 9.17) is 32.7 Å². The van der Waals surface area contributed by atoms with Crippen LogP contribution in [0.4, 0.5) is 0 Å². The van der Waals surface area contributed by atoms with Gasteiger partial charge < -0.3 is 14.8 Å². The van der Waals surface area contributed by atoms with E-state index in [0.29, 0.717) is 34.4 Å². The zero-order valence-corrected chi connectivity index (χ0v) is 18.8. The number of aromatic amines is 1. The molecular formula is C22H27Cl2N3O3. The van der Waals surface area contributed by atoms with E-state index >= 15 is 0 Å². The van der Waals surface area contributed by atoms with Crippen molar-refractivity contribution < 1.29 is 14.3 Å². The number of benzene rings is 1. The molecule has 0 unspecified atom stereocenters. The van der Waals surface area contributed by atoms with Crippen LogP contribution in [0.1, 0.15) is 48.6 Å². The molecule has 1 saturated carbocycles. The van der Waals surface area contributed by atoms with Crippen molar-refractivity contribution in [1.82, 2.24) is 15.5 Å². The third-order valence-electron chi connectivity index (χ3n) is 5.62. The summed E-state index contributed by atoms with van der Waals surface area (Å²) in [5.41, 5.74) is 2.73. The summed E-state index contributed by atoms with van der Waals surface area (Å²) in [7, 11) is 3.12. The maximum absolute atomic E-state index is 11.8. The summed E-state index contributed by atoms with van der Waals surface area (Å²) >= 11 is 13.0. The number of nitrogens with zero attached hydrogens (tertiary/aromatic N) is 1. The zero-order chi connectivity index (χ0) is 21.7. The predicted molar refractivity (Wildman–Crippen MR) is 119 cm³/mol. The first-order valence-electron chi connectivity index (χ1n) is 10.0. The van der Waals surface area contributed by atoms with Crippen molar-refractivity contribution in [2.75, 3.05) is 14.2 Å². The molecule has 0 bridgehead atoms. The minimum atomic E-state index is -0.140. The molecule has 1 fully saturated rings. The van der Waals surface area contributed by atoms with Gasteiger partial charge in [0.15, 0.2) is 0 Å². The number of rotatable bonds is 8. The normalized spacial score (nSPS) is 18.7. The first kappa shape index (κ1) is 22.5. The van der Waals surface area contributed by atoms with E-state index in [-0.39, 0.29) is 17.9 Å². The van der Waals surface area contributed by atoms with Gasteiger partial charge in [-0.05, 0) is 43.4 Å². The van der Waals surface area contributed by atoms with Crippen LogP contribution in [-0.4, -0.2) is 36.4 Å². The molecule has 0 aliphatic heterocycles. The highest BCUT2D eigenvalue weighted by molar-refractivity contribution is 6.37. The number of halogens is 2. The van der Waals surface area contributed by atoms with Crippen molar-refractivity contribution >= 4 is 29.1 Å². The second-order valence-electron chi connectivity index (χ2n) is 7.42. The highest BCUT2D eigenvalue weighted by atomic mass is 35.5. The lowest BCUT2D eigenvalue weighted by Crippen LogP contribution is -2.40. The van der Waals surface area contributed by atoms with E-state index in [1.807, 2.05) is 0 Å². The van der Waals surface area contributed by atoms with Gasteiger partial charge in [0.1, 0.15) is 11.5 Å². The van der Waals surface area contributed by atoms with E-state index < -0.39 is 0 Å². The van der Waals surface area contributed by atoms with E-state index in [1.165, 1.54) is 6.08 Å². The largest absolute Gasteiger partial charge is 0.495 e. The summed E-state index contributed by atoms with van der Waals surface area (Å²) in [6.45, 7) is 3.55. The van der Waals surface area contributed by atoms with Gasteiger partial charge >= 0.3 is 0 Å². The van der Waals surface area contributed by atoms with Crippen LogP contribution in [0.2, 0.25) is 10.0 Å². The lowest BCUT2D eigenvalue weighted by Gasteiger charge is -2.30. The van der Waals surface area contributed by atoms with Crippen LogP contribution < -0.4 is 14.8 Å². The number of aromatic nitrogens is 2. The number of aryl methyl sites for hydroxylation is 1. The number of methoxy groups -OCH3 is 2. The van der Waals surface area contributed by atoms with Crippen molar-refractivity contribution in [3.63, 3.8) is 0 Å². The van der Waals surface area contributed by atoms with E-state index in [9.17, 15) is 4.79 Å². The summed E-state index contributed by atoms with van der Waals surface area (Å²) in [5.74, 6) is 1.11. The van der Waals surface area contributed by atoms with Crippen LogP contribution >= 0.6 is 23.2 Å². The summed E-state index contributed by atoms with van der Waals surface area (Å²) in [6, 6.07) is 3.83. The molecule has 1 heterocycles. The number of nitrogens with one attached hydrogen (secondary N) is 2. The number of carbonyl (C=O) groups excluding carboxylic acids is 1. The Labute approximate surface area is 186 Å². The average molecular weight is 452 g/mol. The van der Waals surface area contributed by atoms with Crippen molar-refractivity contribution in [2.24, 2.45) is 0 Å². The molecule has 0 radical (unpaired) electrons. The quantitative estimate of drug-likeness (QED) is 0.562. The summed E-state index contributed by atoms with van der Waals surface area (Å²) in [6.07, 6.45) is 6.77. The maximum Gasteiger partial charge on any atom is 0.243 e. The second-order valence-corrected chi connectivity index (χ2v) is 8.17. The number of H-pyrrole nitrogens is 1. The Kier molecular flexibility index (Phi) is 7.67. The predicted octanol–water partition coefficient (Wildman–Crippen LogP) is 4.85. The van der Waals surface area contributed by atoms with E-state index in [2.05, 4.69) is 28.2 Å². The Hall–Kier alpha value is -2.18. The molecule has 2 N–H and O–H groups in total. The molecule has 0 saturated heterocycles. The van der Waals surface area contributed by atoms with Gasteiger partial charge in [0.2, 0.25) is 5.91 Å². The fourth-order valence-electron chi connectivity index (χ4n) is 4.01. The van der Waals surface area contributed by atoms with Crippen LogP contribution in [0.15, 0.2) is 24.8 Å². The summed E-state index contributed by atoms with van der Waals surface area (Å²) in [5, 5.41) is 11.7. The van der Waals surface area contributed by atoms with Crippen LogP contribution in [0.3, 0.4) is 0 Å². The molecule has 30 heavy (non-hydrogen) atoms. The van der Waals surface area contributed by atoms with Crippen molar-refractivity contribution in [3.8, 4) is 11.5 Å². The van der Waals surface area contributed by atoms with Gasteiger partial charge in [-0.1, -0.05) is 42.6 Å². The van der Waals surface area contributed by atoms with Gasteiger partial charge in [-0.15, -0.1) is 0 Å². The zero-order valence-electron chi connectivity index (χ0n) is 17.3. The number of carbonyl (C=O) groups is 1. The minimum Gasteiger partial charge on any atom is -0.495 e. The molecule has 1 amide bonds. The SMILES string of the molecule is C=CC(=O)N[C@@H]1CCCC[C@H]1c1cc(CCc2c(Cl)c(OC)cc(OC)c2Cl)[nH]n1.